The number of benzene rings is 1. The summed E-state index contributed by atoms with van der Waals surface area (Å²) in [5.74, 6) is 0.951. The summed E-state index contributed by atoms with van der Waals surface area (Å²) in [6.07, 6.45) is 0. The maximum Gasteiger partial charge on any atom is 0.125 e. The molecule has 1 unspecified atom stereocenters. The van der Waals surface area contributed by atoms with E-state index in [1.165, 1.54) is 16.7 Å². The zero-order valence-corrected chi connectivity index (χ0v) is 8.29. The molecule has 0 aromatic heterocycles. The van der Waals surface area contributed by atoms with Gasteiger partial charge in [-0.25, -0.2) is 0 Å². The Morgan fingerprint density at radius 1 is 1.18 bits per heavy atom. The van der Waals surface area contributed by atoms with Gasteiger partial charge in [-0.3, -0.25) is 0 Å². The molecule has 0 N–H and O–H groups in total. The molecule has 1 aromatic rings. The standard InChI is InChI=1S/C9H13OP/c1-6-4-7(2)8(3)9(5-6)10-11/h4-5H,11H2,1-3H3. The Kier molecular flexibility index (Phi) is 2.51. The van der Waals surface area contributed by atoms with E-state index in [2.05, 4.69) is 36.3 Å². The molecule has 60 valence electrons. The lowest BCUT2D eigenvalue weighted by Gasteiger charge is -2.07. The van der Waals surface area contributed by atoms with Crippen molar-refractivity contribution < 1.29 is 4.52 Å². The predicted molar refractivity (Wildman–Crippen MR) is 51.0 cm³/mol. The molecular weight excluding hydrogens is 155 g/mol. The Balaban J connectivity index is 3.24. The molecule has 0 radical (unpaired) electrons. The first-order chi connectivity index (χ1) is 5.15. The van der Waals surface area contributed by atoms with Crippen molar-refractivity contribution in [2.75, 3.05) is 0 Å². The second-order valence-corrected chi connectivity index (χ2v) is 3.06. The Labute approximate surface area is 70.1 Å². The summed E-state index contributed by atoms with van der Waals surface area (Å²) in [6.45, 7) is 6.23. The molecule has 1 atom stereocenters. The predicted octanol–water partition coefficient (Wildman–Crippen LogP) is 2.78. The molecule has 2 heteroatoms. The van der Waals surface area contributed by atoms with Gasteiger partial charge in [-0.2, -0.15) is 0 Å². The smallest absolute Gasteiger partial charge is 0.125 e. The monoisotopic (exact) mass is 168 g/mol. The lowest BCUT2D eigenvalue weighted by molar-refractivity contribution is 0.638. The zero-order chi connectivity index (χ0) is 8.43. The highest BCUT2D eigenvalue weighted by Crippen LogP contribution is 2.24. The van der Waals surface area contributed by atoms with Crippen LogP contribution >= 0.6 is 9.47 Å². The first-order valence-electron chi connectivity index (χ1n) is 3.59. The van der Waals surface area contributed by atoms with Crippen LogP contribution < -0.4 is 4.52 Å². The van der Waals surface area contributed by atoms with Gasteiger partial charge in [-0.1, -0.05) is 6.07 Å². The third-order valence-electron chi connectivity index (χ3n) is 1.89. The Morgan fingerprint density at radius 2 is 1.82 bits per heavy atom. The van der Waals surface area contributed by atoms with E-state index in [-0.39, 0.29) is 0 Å². The lowest BCUT2D eigenvalue weighted by Crippen LogP contribution is -1.86. The van der Waals surface area contributed by atoms with Crippen LogP contribution in [0.1, 0.15) is 16.7 Å². The zero-order valence-electron chi connectivity index (χ0n) is 7.14. The van der Waals surface area contributed by atoms with Crippen LogP contribution in [0.15, 0.2) is 12.1 Å². The summed E-state index contributed by atoms with van der Waals surface area (Å²) in [6, 6.07) is 4.19. The van der Waals surface area contributed by atoms with Gasteiger partial charge in [0.05, 0.1) is 9.47 Å². The van der Waals surface area contributed by atoms with Crippen molar-refractivity contribution in [2.24, 2.45) is 0 Å². The van der Waals surface area contributed by atoms with E-state index in [1.807, 2.05) is 6.07 Å². The Bertz CT molecular complexity index is 269. The van der Waals surface area contributed by atoms with Gasteiger partial charge < -0.3 is 4.52 Å². The lowest BCUT2D eigenvalue weighted by atomic mass is 10.1. The normalized spacial score (nSPS) is 9.82. The van der Waals surface area contributed by atoms with E-state index < -0.39 is 0 Å². The van der Waals surface area contributed by atoms with Crippen LogP contribution in [0.4, 0.5) is 0 Å². The molecule has 0 fully saturated rings. The fourth-order valence-electron chi connectivity index (χ4n) is 1.12. The van der Waals surface area contributed by atoms with Crippen molar-refractivity contribution >= 4 is 9.47 Å². The van der Waals surface area contributed by atoms with Crippen molar-refractivity contribution in [3.63, 3.8) is 0 Å². The molecule has 0 spiro atoms. The molecule has 11 heavy (non-hydrogen) atoms. The minimum atomic E-state index is 0.951. The quantitative estimate of drug-likeness (QED) is 0.586. The second kappa shape index (κ2) is 3.23. The first kappa shape index (κ1) is 8.55. The highest BCUT2D eigenvalue weighted by Gasteiger charge is 2.00. The Morgan fingerprint density at radius 3 is 2.36 bits per heavy atom. The topological polar surface area (TPSA) is 9.23 Å². The molecule has 1 aromatic carbocycles. The average Bonchev–Trinajstić information content (AvgIpc) is 1.96. The fourth-order valence-corrected chi connectivity index (χ4v) is 1.37. The summed E-state index contributed by atoms with van der Waals surface area (Å²) < 4.78 is 5.12. The molecule has 0 aliphatic heterocycles. The summed E-state index contributed by atoms with van der Waals surface area (Å²) in [4.78, 5) is 0. The maximum atomic E-state index is 5.12. The van der Waals surface area contributed by atoms with Gasteiger partial charge >= 0.3 is 0 Å². The first-order valence-corrected chi connectivity index (χ1v) is 4.07. The van der Waals surface area contributed by atoms with E-state index in [0.717, 1.165) is 5.75 Å². The molecular formula is C9H13OP. The molecule has 0 aliphatic rings. The van der Waals surface area contributed by atoms with Gasteiger partial charge in [0.15, 0.2) is 0 Å². The maximum absolute atomic E-state index is 5.12. The van der Waals surface area contributed by atoms with Crippen molar-refractivity contribution in [3.8, 4) is 5.75 Å². The van der Waals surface area contributed by atoms with Crippen LogP contribution in [0.25, 0.3) is 0 Å². The average molecular weight is 168 g/mol. The molecule has 0 saturated heterocycles. The Hall–Kier alpha value is -0.550. The minimum absolute atomic E-state index is 0.951. The third-order valence-corrected chi connectivity index (χ3v) is 2.14. The fraction of sp³-hybridized carbons (Fsp3) is 0.333. The molecule has 0 bridgehead atoms. The van der Waals surface area contributed by atoms with Crippen LogP contribution in [0.2, 0.25) is 0 Å². The van der Waals surface area contributed by atoms with Gasteiger partial charge in [0.1, 0.15) is 5.75 Å². The largest absolute Gasteiger partial charge is 0.480 e. The van der Waals surface area contributed by atoms with Gasteiger partial charge in [0, 0.05) is 0 Å². The van der Waals surface area contributed by atoms with Crippen molar-refractivity contribution in [1.29, 1.82) is 0 Å². The molecule has 0 saturated carbocycles. The van der Waals surface area contributed by atoms with Gasteiger partial charge in [0.2, 0.25) is 0 Å². The van der Waals surface area contributed by atoms with Crippen molar-refractivity contribution in [2.45, 2.75) is 20.8 Å². The second-order valence-electron chi connectivity index (χ2n) is 2.82. The SMILES string of the molecule is Cc1cc(C)c(C)c(OP)c1. The van der Waals surface area contributed by atoms with Crippen LogP contribution in [-0.2, 0) is 0 Å². The molecule has 1 rings (SSSR count). The molecule has 0 heterocycles. The molecule has 1 nitrogen and oxygen atoms in total. The van der Waals surface area contributed by atoms with Crippen LogP contribution in [0, 0.1) is 20.8 Å². The van der Waals surface area contributed by atoms with Gasteiger partial charge in [-0.05, 0) is 43.5 Å². The summed E-state index contributed by atoms with van der Waals surface area (Å²) in [5, 5.41) is 0. The summed E-state index contributed by atoms with van der Waals surface area (Å²) in [5.41, 5.74) is 3.73. The van der Waals surface area contributed by atoms with Crippen LogP contribution in [-0.4, -0.2) is 0 Å². The van der Waals surface area contributed by atoms with E-state index in [4.69, 9.17) is 4.52 Å². The number of aryl methyl sites for hydroxylation is 2. The van der Waals surface area contributed by atoms with Gasteiger partial charge in [0.25, 0.3) is 0 Å². The van der Waals surface area contributed by atoms with Crippen molar-refractivity contribution in [1.82, 2.24) is 0 Å². The van der Waals surface area contributed by atoms with Crippen LogP contribution in [0.3, 0.4) is 0 Å². The minimum Gasteiger partial charge on any atom is -0.480 e. The molecule has 0 aliphatic carbocycles. The van der Waals surface area contributed by atoms with E-state index >= 15 is 0 Å². The van der Waals surface area contributed by atoms with Gasteiger partial charge in [-0.15, -0.1) is 0 Å². The van der Waals surface area contributed by atoms with Crippen molar-refractivity contribution in [3.05, 3.63) is 28.8 Å². The molecule has 0 amide bonds. The number of rotatable bonds is 1. The highest BCUT2D eigenvalue weighted by atomic mass is 31.0. The summed E-state index contributed by atoms with van der Waals surface area (Å²) >= 11 is 0. The van der Waals surface area contributed by atoms with E-state index in [9.17, 15) is 0 Å². The van der Waals surface area contributed by atoms with Crippen LogP contribution in [0.5, 0.6) is 5.75 Å². The van der Waals surface area contributed by atoms with E-state index in [0.29, 0.717) is 0 Å². The number of hydrogen-bond acceptors (Lipinski definition) is 1. The highest BCUT2D eigenvalue weighted by molar-refractivity contribution is 7.10. The van der Waals surface area contributed by atoms with E-state index in [1.54, 1.807) is 0 Å². The number of hydrogen-bond donors (Lipinski definition) is 0. The summed E-state index contributed by atoms with van der Waals surface area (Å²) in [7, 11) is 2.27. The third kappa shape index (κ3) is 1.72.